The zero-order valence-electron chi connectivity index (χ0n) is 47.2. The van der Waals surface area contributed by atoms with E-state index in [4.69, 9.17) is 23.7 Å². The van der Waals surface area contributed by atoms with Crippen LogP contribution in [-0.2, 0) is 45.6 Å². The van der Waals surface area contributed by atoms with Crippen LogP contribution in [0.5, 0.6) is 23.0 Å². The molecule has 0 aromatic heterocycles. The molecule has 3 N–H and O–H groups in total. The predicted octanol–water partition coefficient (Wildman–Crippen LogP) is 13.5. The van der Waals surface area contributed by atoms with E-state index in [-0.39, 0.29) is 72.4 Å². The van der Waals surface area contributed by atoms with Crippen LogP contribution in [0.15, 0.2) is 87.7 Å². The summed E-state index contributed by atoms with van der Waals surface area (Å²) in [6.45, 7) is 34.2. The quantitative estimate of drug-likeness (QED) is 0.0674. The second-order valence-corrected chi connectivity index (χ2v) is 27.0. The highest BCUT2D eigenvalue weighted by Crippen LogP contribution is 2.56. The highest BCUT2D eigenvalue weighted by Gasteiger charge is 2.31. The van der Waals surface area contributed by atoms with Gasteiger partial charge in [-0.25, -0.2) is 4.79 Å². The molecular weight excluding hydrogens is 1020 g/mol. The second-order valence-electron chi connectivity index (χ2n) is 22.6. The van der Waals surface area contributed by atoms with Crippen molar-refractivity contribution in [1.82, 2.24) is 16.0 Å². The van der Waals surface area contributed by atoms with Crippen LogP contribution in [0.3, 0.4) is 0 Å². The number of rotatable bonds is 19. The Labute approximate surface area is 464 Å². The molecule has 0 atom stereocenters. The van der Waals surface area contributed by atoms with Crippen molar-refractivity contribution in [2.45, 2.75) is 191 Å². The van der Waals surface area contributed by atoms with Gasteiger partial charge in [-0.05, 0) is 119 Å². The first-order chi connectivity index (χ1) is 35.2. The third kappa shape index (κ3) is 17.4. The molecular formula is C59H81N3O9S4. The first-order valence-electron chi connectivity index (χ1n) is 26.1. The number of fused-ring (bicyclic) bond motifs is 8. The molecule has 1 aliphatic heterocycles. The van der Waals surface area contributed by atoms with Crippen molar-refractivity contribution in [2.75, 3.05) is 52.7 Å². The number of carbonyl (C=O) groups is 4. The smallest absolute Gasteiger partial charge is 0.344 e. The number of hydrogen-bond acceptors (Lipinski definition) is 13. The number of nitrogens with one attached hydrogen (secondary N) is 3. The summed E-state index contributed by atoms with van der Waals surface area (Å²) in [5.74, 6) is 0.581. The number of carbonyl (C=O) groups excluding carboxylic acids is 4. The maximum absolute atomic E-state index is 13.5. The molecule has 1 aliphatic rings. The summed E-state index contributed by atoms with van der Waals surface area (Å²) >= 11 is 5.76. The Morgan fingerprint density at radius 3 is 0.773 bits per heavy atom. The van der Waals surface area contributed by atoms with Crippen molar-refractivity contribution in [2.24, 2.45) is 0 Å². The van der Waals surface area contributed by atoms with E-state index in [0.717, 1.165) is 61.1 Å². The van der Waals surface area contributed by atoms with E-state index < -0.39 is 5.97 Å². The summed E-state index contributed by atoms with van der Waals surface area (Å²) in [5.41, 5.74) is 2.58. The average molecular weight is 1100 g/mol. The van der Waals surface area contributed by atoms with E-state index in [0.29, 0.717) is 62.2 Å². The Kier molecular flexibility index (Phi) is 21.7. The lowest BCUT2D eigenvalue weighted by Gasteiger charge is -2.28. The van der Waals surface area contributed by atoms with Crippen molar-refractivity contribution in [3.8, 4) is 23.0 Å². The standard InChI is InChI=1S/C59H81N3O9S4/c1-17-21-60-48(63)32-68-52-40-24-36(56(5,6)7)25-41(52)73-43-27-38(58(11,12)13)29-45(54(43)70-34-50(65)62-23-19-3)75-47-31-39(59(14,15)16)30-46(55(47)71-35-51(66)67-20-4)74-44-28-37(57(8,9)10)26-42(72-40)53(44)69-33-49(64)61-22-18-2/h24-31H,17-23,32-35H2,1-16H3,(H,60,63)(H,61,64)(H,62,65). The molecule has 16 heteroatoms. The molecule has 0 radical (unpaired) electrons. The van der Waals surface area contributed by atoms with E-state index >= 15 is 0 Å². The van der Waals surface area contributed by atoms with Gasteiger partial charge in [0.25, 0.3) is 17.7 Å². The van der Waals surface area contributed by atoms with Gasteiger partial charge in [-0.2, -0.15) is 0 Å². The third-order valence-corrected chi connectivity index (χ3v) is 16.0. The summed E-state index contributed by atoms with van der Waals surface area (Å²) in [5, 5.41) is 8.92. The average Bonchev–Trinajstić information content (AvgIpc) is 3.31. The zero-order chi connectivity index (χ0) is 55.5. The zero-order valence-corrected chi connectivity index (χ0v) is 50.5. The van der Waals surface area contributed by atoms with Crippen LogP contribution in [0.1, 0.15) is 152 Å². The summed E-state index contributed by atoms with van der Waals surface area (Å²) in [6, 6.07) is 16.9. The molecule has 4 aromatic carbocycles. The van der Waals surface area contributed by atoms with Crippen molar-refractivity contribution >= 4 is 70.7 Å². The van der Waals surface area contributed by atoms with E-state index in [1.54, 1.807) is 6.92 Å². The number of esters is 1. The van der Waals surface area contributed by atoms with Crippen molar-refractivity contribution in [3.05, 3.63) is 70.8 Å². The van der Waals surface area contributed by atoms with Gasteiger partial charge in [0, 0.05) is 19.6 Å². The van der Waals surface area contributed by atoms with Crippen LogP contribution in [-0.4, -0.2) is 76.4 Å². The van der Waals surface area contributed by atoms with Gasteiger partial charge in [0.15, 0.2) is 26.4 Å². The fourth-order valence-electron chi connectivity index (χ4n) is 7.38. The Bertz CT molecular complexity index is 2540. The monoisotopic (exact) mass is 1100 g/mol. The van der Waals surface area contributed by atoms with E-state index in [2.05, 4.69) is 148 Å². The number of amides is 3. The molecule has 3 amide bonds. The fraction of sp³-hybridized carbons (Fsp3) is 0.525. The lowest BCUT2D eigenvalue weighted by atomic mass is 9.87. The first kappa shape index (κ1) is 61.2. The van der Waals surface area contributed by atoms with Crippen LogP contribution >= 0.6 is 47.0 Å². The Morgan fingerprint density at radius 1 is 0.373 bits per heavy atom. The van der Waals surface area contributed by atoms with Crippen molar-refractivity contribution in [3.63, 3.8) is 0 Å². The molecule has 1 heterocycles. The van der Waals surface area contributed by atoms with Crippen LogP contribution in [0.4, 0.5) is 0 Å². The SMILES string of the molecule is CCCNC(=O)COc1c2cc(C(C)(C)C)cc1Sc1cc(C(C)(C)C)cc(c1OCC(=O)NCCC)Sc1cc(C(C)(C)C)cc(c1OCC(=O)OCC)Sc1cc(C(C)(C)C)cc(c1OCC(=O)NCCC)S2. The highest BCUT2D eigenvalue weighted by molar-refractivity contribution is 8.01. The van der Waals surface area contributed by atoms with E-state index in [1.165, 1.54) is 47.0 Å². The van der Waals surface area contributed by atoms with Crippen LogP contribution in [0, 0.1) is 0 Å². The predicted molar refractivity (Wildman–Crippen MR) is 306 cm³/mol. The maximum atomic E-state index is 13.5. The summed E-state index contributed by atoms with van der Waals surface area (Å²) in [4.78, 5) is 59.5. The molecule has 0 saturated carbocycles. The first-order valence-corrected chi connectivity index (χ1v) is 29.4. The van der Waals surface area contributed by atoms with Gasteiger partial charge in [0.2, 0.25) is 0 Å². The van der Waals surface area contributed by atoms with Crippen LogP contribution in [0.2, 0.25) is 0 Å². The van der Waals surface area contributed by atoms with Gasteiger partial charge in [-0.3, -0.25) is 14.4 Å². The number of hydrogen-bond donors (Lipinski definition) is 3. The Hall–Kier alpha value is -4.64. The molecule has 4 aromatic rings. The summed E-state index contributed by atoms with van der Waals surface area (Å²) < 4.78 is 32.4. The highest BCUT2D eigenvalue weighted by atomic mass is 32.2. The molecule has 12 nitrogen and oxygen atoms in total. The topological polar surface area (TPSA) is 151 Å². The Balaban J connectivity index is 2.02. The van der Waals surface area contributed by atoms with Crippen molar-refractivity contribution in [1.29, 1.82) is 0 Å². The van der Waals surface area contributed by atoms with E-state index in [9.17, 15) is 19.2 Å². The minimum Gasteiger partial charge on any atom is -0.481 e. The van der Waals surface area contributed by atoms with Gasteiger partial charge in [-0.15, -0.1) is 0 Å². The molecule has 0 fully saturated rings. The normalized spacial score (nSPS) is 12.9. The second kappa shape index (κ2) is 26.6. The van der Waals surface area contributed by atoms with Crippen LogP contribution < -0.4 is 34.9 Å². The number of ether oxygens (including phenoxy) is 5. The molecule has 0 saturated heterocycles. The molecule has 0 unspecified atom stereocenters. The third-order valence-electron chi connectivity index (χ3n) is 11.8. The summed E-state index contributed by atoms with van der Waals surface area (Å²) in [6.07, 6.45) is 2.29. The lowest BCUT2D eigenvalue weighted by molar-refractivity contribution is -0.145. The molecule has 75 heavy (non-hydrogen) atoms. The van der Waals surface area contributed by atoms with Crippen LogP contribution in [0.25, 0.3) is 0 Å². The van der Waals surface area contributed by atoms with Gasteiger partial charge in [0.05, 0.1) is 45.8 Å². The summed E-state index contributed by atoms with van der Waals surface area (Å²) in [7, 11) is 0. The molecule has 5 rings (SSSR count). The number of benzene rings is 4. The lowest BCUT2D eigenvalue weighted by Crippen LogP contribution is -2.29. The molecule has 8 bridgehead atoms. The Morgan fingerprint density at radius 2 is 0.587 bits per heavy atom. The van der Waals surface area contributed by atoms with Crippen molar-refractivity contribution < 1.29 is 42.9 Å². The van der Waals surface area contributed by atoms with Gasteiger partial charge >= 0.3 is 5.97 Å². The molecule has 0 aliphatic carbocycles. The van der Waals surface area contributed by atoms with E-state index in [1.807, 2.05) is 20.8 Å². The molecule has 0 spiro atoms. The van der Waals surface area contributed by atoms with Gasteiger partial charge < -0.3 is 39.6 Å². The van der Waals surface area contributed by atoms with Gasteiger partial charge in [0.1, 0.15) is 23.0 Å². The van der Waals surface area contributed by atoms with Gasteiger partial charge in [-0.1, -0.05) is 151 Å². The fourth-order valence-corrected chi connectivity index (χ4v) is 12.2. The largest absolute Gasteiger partial charge is 0.481 e. The maximum Gasteiger partial charge on any atom is 0.344 e. The molecule has 410 valence electrons. The minimum absolute atomic E-state index is 0.186. The minimum atomic E-state index is -0.519.